The van der Waals surface area contributed by atoms with Crippen LogP contribution in [-0.4, -0.2) is 37.6 Å². The largest absolute Gasteiger partial charge is 0.482 e. The molecule has 0 radical (unpaired) electrons. The molecule has 0 bridgehead atoms. The summed E-state index contributed by atoms with van der Waals surface area (Å²) in [5, 5.41) is 3.94. The maximum atomic E-state index is 11.8. The van der Waals surface area contributed by atoms with Gasteiger partial charge in [0.2, 0.25) is 5.91 Å². The Balaban J connectivity index is 1.69. The number of halogens is 1. The fraction of sp³-hybridized carbons (Fsp3) is 0.211. The van der Waals surface area contributed by atoms with Crippen LogP contribution in [0, 0.1) is 0 Å². The molecule has 0 aliphatic heterocycles. The smallest absolute Gasteiger partial charge is 0.343 e. The Labute approximate surface area is 170 Å². The van der Waals surface area contributed by atoms with E-state index >= 15 is 0 Å². The van der Waals surface area contributed by atoms with Crippen molar-refractivity contribution in [3.8, 4) is 5.75 Å². The first-order valence-electron chi connectivity index (χ1n) is 8.00. The number of hydrogen-bond acceptors (Lipinski definition) is 6. The van der Waals surface area contributed by atoms with Gasteiger partial charge in [-0.3, -0.25) is 4.79 Å². The summed E-state index contributed by atoms with van der Waals surface area (Å²) in [6.45, 7) is -0.141. The van der Waals surface area contributed by atoms with Crippen molar-refractivity contribution in [2.75, 3.05) is 19.5 Å². The van der Waals surface area contributed by atoms with Gasteiger partial charge in [0.25, 0.3) is 0 Å². The molecule has 27 heavy (non-hydrogen) atoms. The molecule has 0 heterocycles. The summed E-state index contributed by atoms with van der Waals surface area (Å²) >= 11 is 4.95. The summed E-state index contributed by atoms with van der Waals surface area (Å²) in [4.78, 5) is 22.8. The Morgan fingerprint density at radius 1 is 1.22 bits per heavy atom. The molecule has 0 aromatic heterocycles. The third-order valence-electron chi connectivity index (χ3n) is 3.26. The summed E-state index contributed by atoms with van der Waals surface area (Å²) in [5.74, 6) is 1.02. The summed E-state index contributed by atoms with van der Waals surface area (Å²) in [5.41, 5.74) is 4.45. The van der Waals surface area contributed by atoms with Crippen LogP contribution in [0.1, 0.15) is 11.1 Å². The molecule has 1 N–H and O–H groups in total. The monoisotopic (exact) mass is 450 g/mol. The van der Waals surface area contributed by atoms with E-state index in [-0.39, 0.29) is 12.5 Å². The van der Waals surface area contributed by atoms with Gasteiger partial charge in [0, 0.05) is 10.2 Å². The molecular weight excluding hydrogens is 432 g/mol. The van der Waals surface area contributed by atoms with E-state index in [1.165, 1.54) is 18.9 Å². The topological polar surface area (TPSA) is 77.0 Å². The Morgan fingerprint density at radius 3 is 2.70 bits per heavy atom. The maximum absolute atomic E-state index is 11.8. The minimum atomic E-state index is -0.443. The molecule has 0 unspecified atom stereocenters. The number of thioether (sulfide) groups is 1. The SMILES string of the molecule is COC(=O)COc1ccc(C=NNC(=O)CSCc2cccc(Br)c2)cc1. The predicted molar refractivity (Wildman–Crippen MR) is 110 cm³/mol. The molecule has 0 aliphatic carbocycles. The molecule has 0 fully saturated rings. The lowest BCUT2D eigenvalue weighted by Gasteiger charge is -2.04. The van der Waals surface area contributed by atoms with E-state index in [9.17, 15) is 9.59 Å². The van der Waals surface area contributed by atoms with Crippen LogP contribution in [0.25, 0.3) is 0 Å². The van der Waals surface area contributed by atoms with Crippen LogP contribution < -0.4 is 10.2 Å². The molecule has 6 nitrogen and oxygen atoms in total. The molecule has 2 rings (SSSR count). The molecule has 1 amide bonds. The van der Waals surface area contributed by atoms with Gasteiger partial charge in [0.15, 0.2) is 6.61 Å². The number of methoxy groups -OCH3 is 1. The molecule has 2 aromatic carbocycles. The van der Waals surface area contributed by atoms with Crippen molar-refractivity contribution in [1.29, 1.82) is 0 Å². The van der Waals surface area contributed by atoms with Crippen molar-refractivity contribution < 1.29 is 19.1 Å². The Hall–Kier alpha value is -2.32. The van der Waals surface area contributed by atoms with Crippen molar-refractivity contribution in [3.63, 3.8) is 0 Å². The minimum Gasteiger partial charge on any atom is -0.482 e. The minimum absolute atomic E-state index is 0.141. The van der Waals surface area contributed by atoms with E-state index in [2.05, 4.69) is 31.2 Å². The van der Waals surface area contributed by atoms with Crippen LogP contribution >= 0.6 is 27.7 Å². The van der Waals surface area contributed by atoms with Crippen LogP contribution in [0.5, 0.6) is 5.75 Å². The summed E-state index contributed by atoms with van der Waals surface area (Å²) < 4.78 is 10.8. The predicted octanol–water partition coefficient (Wildman–Crippen LogP) is 3.38. The highest BCUT2D eigenvalue weighted by atomic mass is 79.9. The maximum Gasteiger partial charge on any atom is 0.343 e. The second-order valence-corrected chi connectivity index (χ2v) is 7.25. The normalized spacial score (nSPS) is 10.6. The van der Waals surface area contributed by atoms with Gasteiger partial charge < -0.3 is 9.47 Å². The zero-order chi connectivity index (χ0) is 19.5. The van der Waals surface area contributed by atoms with Gasteiger partial charge >= 0.3 is 5.97 Å². The van der Waals surface area contributed by atoms with E-state index in [1.807, 2.05) is 24.3 Å². The van der Waals surface area contributed by atoms with E-state index in [1.54, 1.807) is 30.5 Å². The number of nitrogens with one attached hydrogen (secondary N) is 1. The van der Waals surface area contributed by atoms with Crippen molar-refractivity contribution in [2.24, 2.45) is 5.10 Å². The lowest BCUT2D eigenvalue weighted by molar-refractivity contribution is -0.142. The number of carbonyl (C=O) groups is 2. The van der Waals surface area contributed by atoms with Gasteiger partial charge in [-0.25, -0.2) is 10.2 Å². The molecule has 8 heteroatoms. The zero-order valence-corrected chi connectivity index (χ0v) is 17.1. The molecule has 0 spiro atoms. The van der Waals surface area contributed by atoms with E-state index in [4.69, 9.17) is 4.74 Å². The average Bonchev–Trinajstić information content (AvgIpc) is 2.67. The second kappa shape index (κ2) is 11.4. The fourth-order valence-electron chi connectivity index (χ4n) is 1.95. The third kappa shape index (κ3) is 8.27. The van der Waals surface area contributed by atoms with Crippen LogP contribution in [0.2, 0.25) is 0 Å². The Bertz CT molecular complexity index is 797. The first-order valence-corrected chi connectivity index (χ1v) is 9.95. The number of rotatable bonds is 9. The molecule has 0 aliphatic rings. The van der Waals surface area contributed by atoms with Crippen LogP contribution in [-0.2, 0) is 20.1 Å². The van der Waals surface area contributed by atoms with Gasteiger partial charge in [-0.15, -0.1) is 11.8 Å². The number of benzene rings is 2. The van der Waals surface area contributed by atoms with Crippen molar-refractivity contribution in [2.45, 2.75) is 5.75 Å². The molecule has 142 valence electrons. The highest BCUT2D eigenvalue weighted by molar-refractivity contribution is 9.10. The van der Waals surface area contributed by atoms with Gasteiger partial charge in [-0.05, 0) is 47.5 Å². The second-order valence-electron chi connectivity index (χ2n) is 5.35. The fourth-order valence-corrected chi connectivity index (χ4v) is 3.16. The summed E-state index contributed by atoms with van der Waals surface area (Å²) in [7, 11) is 1.30. The lowest BCUT2D eigenvalue weighted by Crippen LogP contribution is -2.19. The van der Waals surface area contributed by atoms with Gasteiger partial charge in [0.1, 0.15) is 5.75 Å². The number of ether oxygens (including phenoxy) is 2. The highest BCUT2D eigenvalue weighted by Gasteiger charge is 2.02. The van der Waals surface area contributed by atoms with E-state index < -0.39 is 5.97 Å². The number of carbonyl (C=O) groups excluding carboxylic acids is 2. The quantitative estimate of drug-likeness (QED) is 0.359. The van der Waals surface area contributed by atoms with Crippen molar-refractivity contribution in [3.05, 3.63) is 64.1 Å². The zero-order valence-electron chi connectivity index (χ0n) is 14.7. The van der Waals surface area contributed by atoms with Crippen molar-refractivity contribution >= 4 is 45.8 Å². The van der Waals surface area contributed by atoms with E-state index in [0.717, 1.165) is 21.4 Å². The number of hydrogen-bond donors (Lipinski definition) is 1. The number of amides is 1. The number of nitrogens with zero attached hydrogens (tertiary/aromatic N) is 1. The lowest BCUT2D eigenvalue weighted by atomic mass is 10.2. The molecular formula is C19H19BrN2O4S. The molecule has 0 saturated carbocycles. The Kier molecular flexibility index (Phi) is 8.86. The first-order chi connectivity index (χ1) is 13.1. The highest BCUT2D eigenvalue weighted by Crippen LogP contribution is 2.16. The average molecular weight is 451 g/mol. The van der Waals surface area contributed by atoms with E-state index in [0.29, 0.717) is 11.5 Å². The molecule has 0 saturated heterocycles. The standard InChI is InChI=1S/C19H19BrN2O4S/c1-25-19(24)11-26-17-7-5-14(6-8-17)10-21-22-18(23)13-27-12-15-3-2-4-16(20)9-15/h2-10H,11-13H2,1H3,(H,22,23). The van der Waals surface area contributed by atoms with Crippen molar-refractivity contribution in [1.82, 2.24) is 5.43 Å². The van der Waals surface area contributed by atoms with Gasteiger partial charge in [0.05, 0.1) is 19.1 Å². The van der Waals surface area contributed by atoms with Crippen LogP contribution in [0.15, 0.2) is 58.1 Å². The number of esters is 1. The summed E-state index contributed by atoms with van der Waals surface area (Å²) in [6.07, 6.45) is 1.54. The van der Waals surface area contributed by atoms with Gasteiger partial charge in [-0.1, -0.05) is 28.1 Å². The Morgan fingerprint density at radius 2 is 2.00 bits per heavy atom. The molecule has 2 aromatic rings. The van der Waals surface area contributed by atoms with Gasteiger partial charge in [-0.2, -0.15) is 5.10 Å². The third-order valence-corrected chi connectivity index (χ3v) is 4.76. The van der Waals surface area contributed by atoms with Crippen LogP contribution in [0.4, 0.5) is 0 Å². The summed E-state index contributed by atoms with van der Waals surface area (Å²) in [6, 6.07) is 14.9. The first kappa shape index (κ1) is 21.0. The van der Waals surface area contributed by atoms with Crippen LogP contribution in [0.3, 0.4) is 0 Å². The number of hydrazone groups is 1. The molecule has 0 atom stereocenters.